The van der Waals surface area contributed by atoms with Gasteiger partial charge in [-0.2, -0.15) is 0 Å². The molecule has 0 aliphatic carbocycles. The van der Waals surface area contributed by atoms with Gasteiger partial charge >= 0.3 is 0 Å². The summed E-state index contributed by atoms with van der Waals surface area (Å²) in [7, 11) is 0. The summed E-state index contributed by atoms with van der Waals surface area (Å²) in [6.07, 6.45) is 0.557. The number of nitrogens with two attached hydrogens (primary N) is 1. The molecular formula is C5H4F2N2O. The van der Waals surface area contributed by atoms with E-state index in [0.717, 1.165) is 0 Å². The van der Waals surface area contributed by atoms with Crippen LogP contribution in [0, 0.1) is 11.6 Å². The lowest BCUT2D eigenvalue weighted by Crippen LogP contribution is -1.96. The Balaban J connectivity index is 3.34. The van der Waals surface area contributed by atoms with E-state index in [-0.39, 0.29) is 0 Å². The Morgan fingerprint density at radius 1 is 1.50 bits per heavy atom. The normalized spacial score (nSPS) is 9.80. The molecule has 0 aliphatic heterocycles. The molecule has 0 aromatic carbocycles. The number of hydrogen-bond acceptors (Lipinski definition) is 3. The van der Waals surface area contributed by atoms with Crippen LogP contribution in [-0.2, 0) is 0 Å². The molecule has 0 spiro atoms. The Bertz CT molecular complexity index is 237. The van der Waals surface area contributed by atoms with Crippen molar-refractivity contribution >= 4 is 5.69 Å². The third-order valence-corrected chi connectivity index (χ3v) is 0.987. The molecule has 0 radical (unpaired) electrons. The van der Waals surface area contributed by atoms with Crippen molar-refractivity contribution in [2.24, 2.45) is 0 Å². The van der Waals surface area contributed by atoms with E-state index in [4.69, 9.17) is 10.8 Å². The van der Waals surface area contributed by atoms with Gasteiger partial charge in [-0.1, -0.05) is 0 Å². The molecule has 0 saturated carbocycles. The zero-order valence-electron chi connectivity index (χ0n) is 4.81. The molecule has 54 valence electrons. The van der Waals surface area contributed by atoms with E-state index in [1.165, 1.54) is 0 Å². The summed E-state index contributed by atoms with van der Waals surface area (Å²) in [6, 6.07) is 0. The number of nitrogens with zero attached hydrogens (tertiary/aromatic N) is 1. The molecule has 0 saturated heterocycles. The van der Waals surface area contributed by atoms with Crippen molar-refractivity contribution in [3.05, 3.63) is 17.8 Å². The van der Waals surface area contributed by atoms with E-state index in [1.807, 2.05) is 0 Å². The summed E-state index contributed by atoms with van der Waals surface area (Å²) < 4.78 is 24.4. The Hall–Kier alpha value is -1.39. The molecule has 0 atom stereocenters. The van der Waals surface area contributed by atoms with Crippen LogP contribution in [0.3, 0.4) is 0 Å². The van der Waals surface area contributed by atoms with Gasteiger partial charge in [0.25, 0.3) is 0 Å². The average Bonchev–Trinajstić information content (AvgIpc) is 1.93. The van der Waals surface area contributed by atoms with Crippen molar-refractivity contribution in [2.45, 2.75) is 0 Å². The molecule has 0 bridgehead atoms. The molecule has 1 rings (SSSR count). The van der Waals surface area contributed by atoms with Gasteiger partial charge in [-0.15, -0.1) is 0 Å². The Kier molecular flexibility index (Phi) is 1.41. The van der Waals surface area contributed by atoms with Crippen LogP contribution < -0.4 is 5.73 Å². The Morgan fingerprint density at radius 3 is 2.60 bits per heavy atom. The second kappa shape index (κ2) is 2.09. The highest BCUT2D eigenvalue weighted by atomic mass is 19.2. The van der Waals surface area contributed by atoms with Gasteiger partial charge in [0.2, 0.25) is 5.88 Å². The molecule has 3 nitrogen and oxygen atoms in total. The largest absolute Gasteiger partial charge is 0.492 e. The van der Waals surface area contributed by atoms with Gasteiger partial charge in [0.05, 0.1) is 6.20 Å². The SMILES string of the molecule is Nc1c(O)ncc(F)c1F. The summed E-state index contributed by atoms with van der Waals surface area (Å²) in [6.45, 7) is 0. The van der Waals surface area contributed by atoms with Crippen molar-refractivity contribution < 1.29 is 13.9 Å². The highest BCUT2D eigenvalue weighted by Gasteiger charge is 2.09. The lowest BCUT2D eigenvalue weighted by Gasteiger charge is -1.97. The van der Waals surface area contributed by atoms with Crippen molar-refractivity contribution in [3.63, 3.8) is 0 Å². The van der Waals surface area contributed by atoms with Gasteiger partial charge in [-0.25, -0.2) is 13.8 Å². The summed E-state index contributed by atoms with van der Waals surface area (Å²) in [5.74, 6) is -3.14. The Labute approximate surface area is 55.1 Å². The monoisotopic (exact) mass is 146 g/mol. The molecular weight excluding hydrogens is 142 g/mol. The molecule has 0 fully saturated rings. The summed E-state index contributed by atoms with van der Waals surface area (Å²) >= 11 is 0. The van der Waals surface area contributed by atoms with E-state index in [2.05, 4.69) is 4.98 Å². The third-order valence-electron chi connectivity index (χ3n) is 0.987. The smallest absolute Gasteiger partial charge is 0.237 e. The number of aromatic hydroxyl groups is 1. The standard InChI is InChI=1S/C5H4F2N2O/c6-2-1-9-5(10)4(8)3(2)7/h1H,8H2,(H,9,10). The van der Waals surface area contributed by atoms with E-state index in [0.29, 0.717) is 6.20 Å². The summed E-state index contributed by atoms with van der Waals surface area (Å²) in [4.78, 5) is 3.05. The maximum absolute atomic E-state index is 12.3. The second-order valence-corrected chi connectivity index (χ2v) is 1.66. The number of anilines is 1. The van der Waals surface area contributed by atoms with Crippen LogP contribution in [0.5, 0.6) is 5.88 Å². The number of aromatic nitrogens is 1. The zero-order valence-corrected chi connectivity index (χ0v) is 4.81. The maximum Gasteiger partial charge on any atom is 0.237 e. The first-order chi connectivity index (χ1) is 4.63. The molecule has 1 aromatic heterocycles. The van der Waals surface area contributed by atoms with Crippen molar-refractivity contribution in [2.75, 3.05) is 5.73 Å². The molecule has 1 aromatic rings. The van der Waals surface area contributed by atoms with E-state index in [1.54, 1.807) is 0 Å². The van der Waals surface area contributed by atoms with Gasteiger partial charge in [0.15, 0.2) is 11.6 Å². The zero-order chi connectivity index (χ0) is 7.72. The van der Waals surface area contributed by atoms with E-state index >= 15 is 0 Å². The van der Waals surface area contributed by atoms with Gasteiger partial charge in [0.1, 0.15) is 5.69 Å². The minimum Gasteiger partial charge on any atom is -0.492 e. The molecule has 0 unspecified atom stereocenters. The number of rotatable bonds is 0. The van der Waals surface area contributed by atoms with Crippen LogP contribution in [0.2, 0.25) is 0 Å². The van der Waals surface area contributed by atoms with Crippen molar-refractivity contribution in [1.82, 2.24) is 4.98 Å². The first kappa shape index (κ1) is 6.73. The van der Waals surface area contributed by atoms with Crippen LogP contribution in [0.15, 0.2) is 6.20 Å². The van der Waals surface area contributed by atoms with Gasteiger partial charge < -0.3 is 10.8 Å². The Morgan fingerprint density at radius 2 is 2.10 bits per heavy atom. The topological polar surface area (TPSA) is 59.1 Å². The fourth-order valence-corrected chi connectivity index (χ4v) is 0.471. The van der Waals surface area contributed by atoms with E-state index in [9.17, 15) is 8.78 Å². The van der Waals surface area contributed by atoms with Gasteiger partial charge in [-0.05, 0) is 0 Å². The van der Waals surface area contributed by atoms with Gasteiger partial charge in [-0.3, -0.25) is 0 Å². The molecule has 10 heavy (non-hydrogen) atoms. The first-order valence-electron chi connectivity index (χ1n) is 2.41. The fraction of sp³-hybridized carbons (Fsp3) is 0. The second-order valence-electron chi connectivity index (χ2n) is 1.66. The first-order valence-corrected chi connectivity index (χ1v) is 2.41. The average molecular weight is 146 g/mol. The van der Waals surface area contributed by atoms with Crippen LogP contribution >= 0.6 is 0 Å². The molecule has 0 amide bonds. The predicted octanol–water partition coefficient (Wildman–Crippen LogP) is 0.648. The van der Waals surface area contributed by atoms with Crippen molar-refractivity contribution in [3.8, 4) is 5.88 Å². The summed E-state index contributed by atoms with van der Waals surface area (Å²) in [5.41, 5.74) is 4.19. The van der Waals surface area contributed by atoms with Gasteiger partial charge in [0, 0.05) is 0 Å². The summed E-state index contributed by atoms with van der Waals surface area (Å²) in [5, 5.41) is 8.58. The lowest BCUT2D eigenvalue weighted by atomic mass is 10.4. The molecule has 3 N–H and O–H groups in total. The van der Waals surface area contributed by atoms with Crippen LogP contribution in [0.1, 0.15) is 0 Å². The number of nitrogen functional groups attached to an aromatic ring is 1. The molecule has 5 heteroatoms. The maximum atomic E-state index is 12.3. The number of hydrogen-bond donors (Lipinski definition) is 2. The van der Waals surface area contributed by atoms with Crippen molar-refractivity contribution in [1.29, 1.82) is 0 Å². The predicted molar refractivity (Wildman–Crippen MR) is 30.2 cm³/mol. The minimum atomic E-state index is -1.27. The lowest BCUT2D eigenvalue weighted by molar-refractivity contribution is 0.437. The third kappa shape index (κ3) is 0.854. The molecule has 1 heterocycles. The highest BCUT2D eigenvalue weighted by Crippen LogP contribution is 2.20. The van der Waals surface area contributed by atoms with Crippen LogP contribution in [0.25, 0.3) is 0 Å². The quantitative estimate of drug-likeness (QED) is 0.564. The minimum absolute atomic E-state index is 0.557. The van der Waals surface area contributed by atoms with Crippen LogP contribution in [-0.4, -0.2) is 10.1 Å². The highest BCUT2D eigenvalue weighted by molar-refractivity contribution is 5.47. The number of pyridine rings is 1. The number of halogens is 2. The molecule has 0 aliphatic rings. The van der Waals surface area contributed by atoms with Crippen LogP contribution in [0.4, 0.5) is 14.5 Å². The fourth-order valence-electron chi connectivity index (χ4n) is 0.471. The van der Waals surface area contributed by atoms with E-state index < -0.39 is 23.2 Å².